The zero-order valence-electron chi connectivity index (χ0n) is 17.2. The molecular weight excluding hydrogens is 398 g/mol. The Morgan fingerprint density at radius 2 is 2.00 bits per heavy atom. The van der Waals surface area contributed by atoms with Gasteiger partial charge in [-0.3, -0.25) is 0 Å². The minimum atomic E-state index is -0.559. The van der Waals surface area contributed by atoms with E-state index in [0.717, 1.165) is 12.0 Å². The molecule has 0 spiro atoms. The Hall–Kier alpha value is -4.12. The summed E-state index contributed by atoms with van der Waals surface area (Å²) >= 11 is 0. The molecule has 0 radical (unpaired) electrons. The molecule has 0 aliphatic rings. The predicted molar refractivity (Wildman–Crippen MR) is 112 cm³/mol. The van der Waals surface area contributed by atoms with Gasteiger partial charge in [-0.2, -0.15) is 10.2 Å². The highest BCUT2D eigenvalue weighted by Gasteiger charge is 2.10. The molecule has 0 bridgehead atoms. The molecule has 0 N–H and O–H groups in total. The van der Waals surface area contributed by atoms with Gasteiger partial charge in [0.2, 0.25) is 5.82 Å². The highest BCUT2D eigenvalue weighted by Crippen LogP contribution is 2.28. The van der Waals surface area contributed by atoms with Crippen LogP contribution in [0.25, 0.3) is 17.5 Å². The van der Waals surface area contributed by atoms with Crippen LogP contribution in [0.1, 0.15) is 23.9 Å². The van der Waals surface area contributed by atoms with E-state index in [1.54, 1.807) is 24.3 Å². The molecule has 8 nitrogen and oxygen atoms in total. The molecule has 0 aliphatic carbocycles. The number of hydrogen-bond donors (Lipinski definition) is 0. The number of aryl methyl sites for hydroxylation is 1. The van der Waals surface area contributed by atoms with Gasteiger partial charge in [0.15, 0.2) is 24.7 Å². The van der Waals surface area contributed by atoms with Crippen LogP contribution in [0.4, 0.5) is 0 Å². The molecule has 2 aromatic carbocycles. The summed E-state index contributed by atoms with van der Waals surface area (Å²) in [5.41, 5.74) is 2.75. The van der Waals surface area contributed by atoms with Crippen molar-refractivity contribution < 1.29 is 23.5 Å². The monoisotopic (exact) mass is 419 g/mol. The van der Waals surface area contributed by atoms with E-state index in [4.69, 9.17) is 24.0 Å². The van der Waals surface area contributed by atoms with Gasteiger partial charge in [-0.25, -0.2) is 4.79 Å². The van der Waals surface area contributed by atoms with Crippen LogP contribution >= 0.6 is 0 Å². The second kappa shape index (κ2) is 10.6. The third-order valence-electron chi connectivity index (χ3n) is 4.32. The first kappa shape index (κ1) is 21.6. The minimum absolute atomic E-state index is 0.0840. The summed E-state index contributed by atoms with van der Waals surface area (Å²) in [5.74, 6) is 0.985. The summed E-state index contributed by atoms with van der Waals surface area (Å²) < 4.78 is 20.8. The Bertz CT molecular complexity index is 1100. The van der Waals surface area contributed by atoms with Crippen molar-refractivity contribution in [3.63, 3.8) is 0 Å². The molecule has 1 aromatic heterocycles. The van der Waals surface area contributed by atoms with E-state index in [2.05, 4.69) is 17.1 Å². The Kier molecular flexibility index (Phi) is 7.38. The molecule has 31 heavy (non-hydrogen) atoms. The maximum Gasteiger partial charge on any atom is 0.331 e. The Morgan fingerprint density at radius 3 is 2.71 bits per heavy atom. The van der Waals surface area contributed by atoms with E-state index in [1.165, 1.54) is 18.7 Å². The van der Waals surface area contributed by atoms with Crippen LogP contribution in [-0.4, -0.2) is 29.8 Å². The smallest absolute Gasteiger partial charge is 0.331 e. The molecule has 158 valence electrons. The third kappa shape index (κ3) is 5.93. The van der Waals surface area contributed by atoms with Gasteiger partial charge >= 0.3 is 5.97 Å². The Labute approximate surface area is 179 Å². The van der Waals surface area contributed by atoms with E-state index in [0.29, 0.717) is 22.9 Å². The number of carbonyl (C=O) groups excluding carboxylic acids is 1. The number of aromatic nitrogens is 2. The minimum Gasteiger partial charge on any atom is -0.493 e. The van der Waals surface area contributed by atoms with E-state index in [9.17, 15) is 4.79 Å². The van der Waals surface area contributed by atoms with Gasteiger partial charge < -0.3 is 18.7 Å². The number of benzene rings is 2. The second-order valence-corrected chi connectivity index (χ2v) is 6.36. The van der Waals surface area contributed by atoms with Gasteiger partial charge in [0, 0.05) is 11.6 Å². The summed E-state index contributed by atoms with van der Waals surface area (Å²) in [5, 5.41) is 12.5. The van der Waals surface area contributed by atoms with E-state index >= 15 is 0 Å². The second-order valence-electron chi connectivity index (χ2n) is 6.36. The van der Waals surface area contributed by atoms with Crippen molar-refractivity contribution in [3.05, 3.63) is 65.6 Å². The average Bonchev–Trinajstić information content (AvgIpc) is 3.29. The van der Waals surface area contributed by atoms with Crippen LogP contribution in [0.2, 0.25) is 0 Å². The largest absolute Gasteiger partial charge is 0.493 e. The first-order valence-electron chi connectivity index (χ1n) is 9.57. The quantitative estimate of drug-likeness (QED) is 0.379. The summed E-state index contributed by atoms with van der Waals surface area (Å²) in [6, 6.07) is 14.8. The maximum absolute atomic E-state index is 12.0. The molecule has 8 heteroatoms. The van der Waals surface area contributed by atoms with Crippen LogP contribution < -0.4 is 9.47 Å². The number of methoxy groups -OCH3 is 1. The lowest BCUT2D eigenvalue weighted by atomic mass is 10.1. The van der Waals surface area contributed by atoms with Gasteiger partial charge in [0.25, 0.3) is 5.89 Å². The number of ether oxygens (including phenoxy) is 3. The summed E-state index contributed by atoms with van der Waals surface area (Å²) in [7, 11) is 1.49. The van der Waals surface area contributed by atoms with Crippen LogP contribution in [0.3, 0.4) is 0 Å². The lowest BCUT2D eigenvalue weighted by Gasteiger charge is -2.08. The van der Waals surface area contributed by atoms with Crippen molar-refractivity contribution >= 4 is 12.0 Å². The fourth-order valence-electron chi connectivity index (χ4n) is 2.68. The topological polar surface area (TPSA) is 107 Å². The van der Waals surface area contributed by atoms with E-state index < -0.39 is 5.97 Å². The van der Waals surface area contributed by atoms with Crippen LogP contribution in [0, 0.1) is 11.3 Å². The zero-order chi connectivity index (χ0) is 22.1. The summed E-state index contributed by atoms with van der Waals surface area (Å²) in [6.07, 6.45) is 3.81. The molecule has 3 aromatic rings. The number of nitriles is 1. The van der Waals surface area contributed by atoms with Crippen molar-refractivity contribution in [1.29, 1.82) is 5.26 Å². The lowest BCUT2D eigenvalue weighted by molar-refractivity contribution is -0.139. The fraction of sp³-hybridized carbons (Fsp3) is 0.217. The molecule has 0 aliphatic heterocycles. The van der Waals surface area contributed by atoms with Gasteiger partial charge in [-0.15, -0.1) is 0 Å². The Morgan fingerprint density at radius 1 is 1.19 bits per heavy atom. The zero-order valence-corrected chi connectivity index (χ0v) is 17.2. The maximum atomic E-state index is 12.0. The third-order valence-corrected chi connectivity index (χ3v) is 4.32. The number of rotatable bonds is 9. The van der Waals surface area contributed by atoms with Crippen molar-refractivity contribution in [1.82, 2.24) is 10.1 Å². The van der Waals surface area contributed by atoms with Gasteiger partial charge in [-0.05, 0) is 35.8 Å². The van der Waals surface area contributed by atoms with Crippen LogP contribution in [0.5, 0.6) is 11.5 Å². The average molecular weight is 419 g/mol. The molecule has 0 saturated carbocycles. The summed E-state index contributed by atoms with van der Waals surface area (Å²) in [4.78, 5) is 16.3. The molecule has 3 rings (SSSR count). The molecule has 0 atom stereocenters. The van der Waals surface area contributed by atoms with Crippen LogP contribution in [-0.2, 0) is 22.6 Å². The lowest BCUT2D eigenvalue weighted by Crippen LogP contribution is -2.01. The molecule has 1 heterocycles. The number of hydrogen-bond acceptors (Lipinski definition) is 8. The van der Waals surface area contributed by atoms with Gasteiger partial charge in [0.05, 0.1) is 7.11 Å². The number of esters is 1. The van der Waals surface area contributed by atoms with Crippen LogP contribution in [0.15, 0.2) is 53.1 Å². The van der Waals surface area contributed by atoms with E-state index in [1.807, 2.05) is 30.3 Å². The van der Waals surface area contributed by atoms with E-state index in [-0.39, 0.29) is 19.1 Å². The fourth-order valence-corrected chi connectivity index (χ4v) is 2.68. The molecule has 0 amide bonds. The SMILES string of the molecule is CCc1ccc(-c2noc(COC(=O)/C=C/c3ccc(OCC#N)c(OC)c3)n2)cc1. The van der Waals surface area contributed by atoms with Gasteiger partial charge in [-0.1, -0.05) is 42.4 Å². The standard InChI is InChI=1S/C23H21N3O5/c1-3-16-4-8-18(9-5-16)23-25-21(31-26-23)15-30-22(27)11-7-17-6-10-19(29-13-12-24)20(14-17)28-2/h4-11,14H,3,13,15H2,1-2H3/b11-7+. The van der Waals surface area contributed by atoms with Gasteiger partial charge in [0.1, 0.15) is 6.07 Å². The number of carbonyl (C=O) groups is 1. The van der Waals surface area contributed by atoms with Crippen molar-refractivity contribution in [2.24, 2.45) is 0 Å². The first-order valence-corrected chi connectivity index (χ1v) is 9.57. The molecular formula is C23H21N3O5. The Balaban J connectivity index is 1.56. The molecule has 0 fully saturated rings. The predicted octanol–water partition coefficient (Wildman–Crippen LogP) is 3.97. The van der Waals surface area contributed by atoms with Crippen molar-refractivity contribution in [3.8, 4) is 29.0 Å². The molecule has 0 unspecified atom stereocenters. The normalized spacial score (nSPS) is 10.6. The first-order chi connectivity index (χ1) is 15.1. The highest BCUT2D eigenvalue weighted by atomic mass is 16.6. The number of nitrogens with zero attached hydrogens (tertiary/aromatic N) is 3. The molecule has 0 saturated heterocycles. The van der Waals surface area contributed by atoms with Crippen molar-refractivity contribution in [2.45, 2.75) is 20.0 Å². The van der Waals surface area contributed by atoms with Crippen molar-refractivity contribution in [2.75, 3.05) is 13.7 Å². The highest BCUT2D eigenvalue weighted by molar-refractivity contribution is 5.87. The summed E-state index contributed by atoms with van der Waals surface area (Å²) in [6.45, 7) is 1.87.